The molecule has 2 rings (SSSR count). The molecule has 0 unspecified atom stereocenters. The second-order valence-electron chi connectivity index (χ2n) is 6.85. The van der Waals surface area contributed by atoms with E-state index in [2.05, 4.69) is 5.32 Å². The van der Waals surface area contributed by atoms with Crippen LogP contribution in [0.4, 0.5) is 5.69 Å². The van der Waals surface area contributed by atoms with Gasteiger partial charge in [-0.3, -0.25) is 4.79 Å². The Balaban J connectivity index is 2.06. The van der Waals surface area contributed by atoms with Crippen LogP contribution in [0.5, 0.6) is 0 Å². The minimum Gasteiger partial charge on any atom is -0.326 e. The summed E-state index contributed by atoms with van der Waals surface area (Å²) in [7, 11) is -3.41. The molecule has 0 radical (unpaired) electrons. The molecule has 27 heavy (non-hydrogen) atoms. The van der Waals surface area contributed by atoms with Crippen LogP contribution in [0, 0.1) is 13.8 Å². The number of aryl methyl sites for hydroxylation is 3. The quantitative estimate of drug-likeness (QED) is 0.750. The van der Waals surface area contributed by atoms with Gasteiger partial charge in [-0.15, -0.1) is 0 Å². The maximum atomic E-state index is 12.4. The van der Waals surface area contributed by atoms with Gasteiger partial charge in [0.05, 0.1) is 6.26 Å². The van der Waals surface area contributed by atoms with Gasteiger partial charge in [-0.05, 0) is 37.0 Å². The highest BCUT2D eigenvalue weighted by Crippen LogP contribution is 2.21. The summed E-state index contributed by atoms with van der Waals surface area (Å²) in [6.45, 7) is 6.37. The molecule has 0 fully saturated rings. The number of carbonyl (C=O) groups excluding carboxylic acids is 1. The van der Waals surface area contributed by atoms with Crippen molar-refractivity contribution in [2.75, 3.05) is 18.1 Å². The number of para-hydroxylation sites is 1. The molecule has 146 valence electrons. The summed E-state index contributed by atoms with van der Waals surface area (Å²) in [5.41, 5.74) is 4.89. The molecule has 0 aliphatic carbocycles. The van der Waals surface area contributed by atoms with Crippen LogP contribution in [0.1, 0.15) is 35.6 Å². The predicted octanol–water partition coefficient (Wildman–Crippen LogP) is 3.66. The van der Waals surface area contributed by atoms with Gasteiger partial charge in [-0.25, -0.2) is 8.42 Å². The van der Waals surface area contributed by atoms with Crippen LogP contribution >= 0.6 is 0 Å². The fourth-order valence-corrected chi connectivity index (χ4v) is 3.81. The molecular weight excluding hydrogens is 360 g/mol. The fourth-order valence-electron chi connectivity index (χ4n) is 3.01. The van der Waals surface area contributed by atoms with Gasteiger partial charge < -0.3 is 5.32 Å². The summed E-state index contributed by atoms with van der Waals surface area (Å²) < 4.78 is 25.6. The number of hydrogen-bond acceptors (Lipinski definition) is 3. The maximum Gasteiger partial charge on any atom is 0.225 e. The number of sulfonamides is 1. The van der Waals surface area contributed by atoms with Crippen LogP contribution in [-0.4, -0.2) is 31.4 Å². The first kappa shape index (κ1) is 21.1. The number of anilines is 1. The first-order valence-electron chi connectivity index (χ1n) is 9.09. The Hall–Kier alpha value is -2.18. The summed E-state index contributed by atoms with van der Waals surface area (Å²) in [4.78, 5) is 12.4. The average molecular weight is 389 g/mol. The van der Waals surface area contributed by atoms with Gasteiger partial charge in [0.1, 0.15) is 0 Å². The van der Waals surface area contributed by atoms with Crippen molar-refractivity contribution >= 4 is 21.6 Å². The Morgan fingerprint density at radius 1 is 1.11 bits per heavy atom. The van der Waals surface area contributed by atoms with Crippen LogP contribution in [0.25, 0.3) is 0 Å². The number of hydrogen-bond donors (Lipinski definition) is 1. The van der Waals surface area contributed by atoms with Crippen molar-refractivity contribution in [3.05, 3.63) is 64.7 Å². The van der Waals surface area contributed by atoms with Crippen molar-refractivity contribution in [3.8, 4) is 0 Å². The fraction of sp³-hybridized carbons (Fsp3) is 0.381. The molecule has 6 heteroatoms. The number of rotatable bonds is 8. The van der Waals surface area contributed by atoms with Crippen LogP contribution in [0.15, 0.2) is 42.5 Å². The van der Waals surface area contributed by atoms with E-state index in [9.17, 15) is 13.2 Å². The summed E-state index contributed by atoms with van der Waals surface area (Å²) >= 11 is 0. The Kier molecular flexibility index (Phi) is 7.16. The molecule has 0 aromatic heterocycles. The minimum absolute atomic E-state index is 0.108. The van der Waals surface area contributed by atoms with Crippen LogP contribution in [0.2, 0.25) is 0 Å². The van der Waals surface area contributed by atoms with E-state index in [4.69, 9.17) is 0 Å². The Morgan fingerprint density at radius 2 is 1.81 bits per heavy atom. The van der Waals surface area contributed by atoms with E-state index in [0.717, 1.165) is 34.4 Å². The second-order valence-corrected chi connectivity index (χ2v) is 8.83. The highest BCUT2D eigenvalue weighted by molar-refractivity contribution is 7.88. The maximum absolute atomic E-state index is 12.4. The number of benzene rings is 2. The molecule has 0 saturated heterocycles. The second kappa shape index (κ2) is 9.15. The third-order valence-corrected chi connectivity index (χ3v) is 5.75. The Labute approximate surface area is 162 Å². The largest absolute Gasteiger partial charge is 0.326 e. The SMILES string of the molecule is CCc1cccc(C)c1NC(=O)CCN(Cc1cccc(C)c1)S(C)(=O)=O. The predicted molar refractivity (Wildman–Crippen MR) is 110 cm³/mol. The number of amides is 1. The summed E-state index contributed by atoms with van der Waals surface area (Å²) in [6, 6.07) is 13.6. The molecule has 0 aliphatic rings. The van der Waals surface area contributed by atoms with Gasteiger partial charge in [0, 0.05) is 25.2 Å². The highest BCUT2D eigenvalue weighted by atomic mass is 32.2. The number of carbonyl (C=O) groups is 1. The first-order chi connectivity index (χ1) is 12.7. The van der Waals surface area contributed by atoms with E-state index in [0.29, 0.717) is 0 Å². The van der Waals surface area contributed by atoms with Crippen LogP contribution in [0.3, 0.4) is 0 Å². The van der Waals surface area contributed by atoms with E-state index in [1.165, 1.54) is 10.6 Å². The average Bonchev–Trinajstić information content (AvgIpc) is 2.59. The molecule has 0 heterocycles. The normalized spacial score (nSPS) is 11.6. The molecule has 0 saturated carbocycles. The van der Waals surface area contributed by atoms with Crippen LogP contribution < -0.4 is 5.32 Å². The molecule has 1 N–H and O–H groups in total. The monoisotopic (exact) mass is 388 g/mol. The van der Waals surface area contributed by atoms with E-state index in [1.54, 1.807) is 0 Å². The number of nitrogens with zero attached hydrogens (tertiary/aromatic N) is 1. The lowest BCUT2D eigenvalue weighted by Gasteiger charge is -2.20. The third-order valence-electron chi connectivity index (χ3n) is 4.50. The molecule has 2 aromatic rings. The molecule has 2 aromatic carbocycles. The molecule has 0 spiro atoms. The lowest BCUT2D eigenvalue weighted by molar-refractivity contribution is -0.116. The molecule has 1 amide bonds. The van der Waals surface area contributed by atoms with Crippen molar-refractivity contribution in [2.24, 2.45) is 0 Å². The molecule has 0 atom stereocenters. The van der Waals surface area contributed by atoms with Gasteiger partial charge in [0.25, 0.3) is 0 Å². The molecule has 0 aliphatic heterocycles. The lowest BCUT2D eigenvalue weighted by Crippen LogP contribution is -2.32. The van der Waals surface area contributed by atoms with E-state index in [-0.39, 0.29) is 25.4 Å². The van der Waals surface area contributed by atoms with Crippen molar-refractivity contribution in [1.82, 2.24) is 4.31 Å². The highest BCUT2D eigenvalue weighted by Gasteiger charge is 2.19. The topological polar surface area (TPSA) is 66.5 Å². The van der Waals surface area contributed by atoms with Crippen molar-refractivity contribution < 1.29 is 13.2 Å². The minimum atomic E-state index is -3.41. The Bertz CT molecular complexity index is 907. The lowest BCUT2D eigenvalue weighted by atomic mass is 10.1. The molecular formula is C21H28N2O3S. The molecule has 0 bridgehead atoms. The summed E-state index contributed by atoms with van der Waals surface area (Å²) in [5.74, 6) is -0.183. The number of nitrogens with one attached hydrogen (secondary N) is 1. The van der Waals surface area contributed by atoms with E-state index >= 15 is 0 Å². The zero-order valence-corrected chi connectivity index (χ0v) is 17.3. The van der Waals surface area contributed by atoms with Crippen molar-refractivity contribution in [3.63, 3.8) is 0 Å². The van der Waals surface area contributed by atoms with Gasteiger partial charge in [0.15, 0.2) is 0 Å². The zero-order valence-electron chi connectivity index (χ0n) is 16.5. The van der Waals surface area contributed by atoms with Crippen LogP contribution in [-0.2, 0) is 27.8 Å². The van der Waals surface area contributed by atoms with Gasteiger partial charge in [-0.1, -0.05) is 55.0 Å². The molecule has 5 nitrogen and oxygen atoms in total. The summed E-state index contributed by atoms with van der Waals surface area (Å²) in [5, 5.41) is 2.95. The van der Waals surface area contributed by atoms with E-state index in [1.807, 2.05) is 63.2 Å². The third kappa shape index (κ3) is 6.19. The van der Waals surface area contributed by atoms with Crippen molar-refractivity contribution in [1.29, 1.82) is 0 Å². The van der Waals surface area contributed by atoms with Gasteiger partial charge in [-0.2, -0.15) is 4.31 Å². The van der Waals surface area contributed by atoms with Gasteiger partial charge in [0.2, 0.25) is 15.9 Å². The van der Waals surface area contributed by atoms with Crippen molar-refractivity contribution in [2.45, 2.75) is 40.2 Å². The van der Waals surface area contributed by atoms with E-state index < -0.39 is 10.0 Å². The first-order valence-corrected chi connectivity index (χ1v) is 10.9. The Morgan fingerprint density at radius 3 is 2.44 bits per heavy atom. The standard InChI is InChI=1S/C21H28N2O3S/c1-5-19-11-7-9-17(3)21(19)22-20(24)12-13-23(27(4,25)26)15-18-10-6-8-16(2)14-18/h6-11,14H,5,12-13,15H2,1-4H3,(H,22,24). The summed E-state index contributed by atoms with van der Waals surface area (Å²) in [6.07, 6.45) is 2.10. The smallest absolute Gasteiger partial charge is 0.225 e. The zero-order chi connectivity index (χ0) is 20.0. The van der Waals surface area contributed by atoms with Gasteiger partial charge >= 0.3 is 0 Å².